The summed E-state index contributed by atoms with van der Waals surface area (Å²) in [5.74, 6) is 0.0666. The van der Waals surface area contributed by atoms with E-state index in [9.17, 15) is 14.7 Å². The van der Waals surface area contributed by atoms with E-state index in [-0.39, 0.29) is 30.2 Å². The first-order chi connectivity index (χ1) is 15.0. The Hall–Kier alpha value is -3.01. The third-order valence-electron chi connectivity index (χ3n) is 4.74. The van der Waals surface area contributed by atoms with E-state index in [0.29, 0.717) is 27.2 Å². The number of aliphatic hydroxyl groups is 1. The van der Waals surface area contributed by atoms with Gasteiger partial charge in [-0.2, -0.15) is 0 Å². The number of aliphatic hydroxyl groups excluding tert-OH is 1. The highest BCUT2D eigenvalue weighted by molar-refractivity contribution is 8.26. The SMILES string of the molecule is Cc1ccc2nc(NCCO)c(C=C3SC(=S)N(Cc4ccccc4)C3=O)c(=O)n2c1. The van der Waals surface area contributed by atoms with Crippen LogP contribution in [0.5, 0.6) is 0 Å². The first kappa shape index (κ1) is 21.2. The number of hydrogen-bond donors (Lipinski definition) is 2. The fourth-order valence-electron chi connectivity index (χ4n) is 3.23. The largest absolute Gasteiger partial charge is 0.395 e. The number of aryl methyl sites for hydroxylation is 1. The van der Waals surface area contributed by atoms with Crippen LogP contribution in [0.3, 0.4) is 0 Å². The maximum Gasteiger partial charge on any atom is 0.267 e. The van der Waals surface area contributed by atoms with Crippen molar-refractivity contribution in [1.82, 2.24) is 14.3 Å². The smallest absolute Gasteiger partial charge is 0.267 e. The zero-order valence-electron chi connectivity index (χ0n) is 16.7. The molecule has 1 fully saturated rings. The Morgan fingerprint density at radius 3 is 2.71 bits per heavy atom. The molecule has 2 aromatic heterocycles. The van der Waals surface area contributed by atoms with Crippen molar-refractivity contribution in [3.63, 3.8) is 0 Å². The number of anilines is 1. The zero-order chi connectivity index (χ0) is 22.0. The third kappa shape index (κ3) is 4.39. The second-order valence-electron chi connectivity index (χ2n) is 7.02. The van der Waals surface area contributed by atoms with Crippen molar-refractivity contribution < 1.29 is 9.90 Å². The maximum absolute atomic E-state index is 13.2. The van der Waals surface area contributed by atoms with Gasteiger partial charge in [0.1, 0.15) is 15.8 Å². The van der Waals surface area contributed by atoms with Crippen LogP contribution in [0.15, 0.2) is 58.4 Å². The highest BCUT2D eigenvalue weighted by Gasteiger charge is 2.32. The van der Waals surface area contributed by atoms with Gasteiger partial charge in [-0.15, -0.1) is 0 Å². The van der Waals surface area contributed by atoms with Gasteiger partial charge in [-0.3, -0.25) is 18.9 Å². The van der Waals surface area contributed by atoms with Gasteiger partial charge in [-0.1, -0.05) is 60.4 Å². The van der Waals surface area contributed by atoms with E-state index in [2.05, 4.69) is 10.3 Å². The highest BCUT2D eigenvalue weighted by atomic mass is 32.2. The van der Waals surface area contributed by atoms with E-state index in [1.54, 1.807) is 12.3 Å². The minimum Gasteiger partial charge on any atom is -0.395 e. The number of nitrogens with zero attached hydrogens (tertiary/aromatic N) is 3. The van der Waals surface area contributed by atoms with Crippen molar-refractivity contribution in [3.8, 4) is 0 Å². The van der Waals surface area contributed by atoms with Crippen molar-refractivity contribution in [2.45, 2.75) is 13.5 Å². The lowest BCUT2D eigenvalue weighted by molar-refractivity contribution is -0.122. The standard InChI is InChI=1S/C22H20N4O3S2/c1-14-7-8-18-24-19(23-9-10-27)16(20(28)25(18)12-14)11-17-21(29)26(22(30)31-17)13-15-5-3-2-4-6-15/h2-8,11-12,23,27H,9-10,13H2,1H3. The van der Waals surface area contributed by atoms with E-state index in [0.717, 1.165) is 22.9 Å². The number of fused-ring (bicyclic) bond motifs is 1. The number of amides is 1. The van der Waals surface area contributed by atoms with E-state index in [1.807, 2.05) is 43.3 Å². The first-order valence-corrected chi connectivity index (χ1v) is 10.9. The number of benzene rings is 1. The second kappa shape index (κ2) is 9.01. The van der Waals surface area contributed by atoms with Crippen LogP contribution in [-0.4, -0.2) is 42.8 Å². The highest BCUT2D eigenvalue weighted by Crippen LogP contribution is 2.34. The molecule has 158 valence electrons. The molecule has 0 unspecified atom stereocenters. The predicted octanol–water partition coefficient (Wildman–Crippen LogP) is 2.81. The summed E-state index contributed by atoms with van der Waals surface area (Å²) in [6, 6.07) is 13.2. The summed E-state index contributed by atoms with van der Waals surface area (Å²) in [6.45, 7) is 2.36. The Morgan fingerprint density at radius 2 is 1.97 bits per heavy atom. The minimum atomic E-state index is -0.303. The van der Waals surface area contributed by atoms with Crippen LogP contribution in [-0.2, 0) is 11.3 Å². The van der Waals surface area contributed by atoms with E-state index in [1.165, 1.54) is 15.4 Å². The van der Waals surface area contributed by atoms with Crippen molar-refractivity contribution in [1.29, 1.82) is 0 Å². The van der Waals surface area contributed by atoms with Gasteiger partial charge in [0.15, 0.2) is 0 Å². The molecule has 0 spiro atoms. The van der Waals surface area contributed by atoms with Gasteiger partial charge in [0.05, 0.1) is 23.6 Å². The van der Waals surface area contributed by atoms with Crippen molar-refractivity contribution in [2.75, 3.05) is 18.5 Å². The van der Waals surface area contributed by atoms with E-state index >= 15 is 0 Å². The topological polar surface area (TPSA) is 86.9 Å². The number of hydrogen-bond acceptors (Lipinski definition) is 7. The summed E-state index contributed by atoms with van der Waals surface area (Å²) in [7, 11) is 0. The van der Waals surface area contributed by atoms with Crippen LogP contribution in [0.1, 0.15) is 16.7 Å². The van der Waals surface area contributed by atoms with E-state index < -0.39 is 0 Å². The molecule has 1 aliphatic heterocycles. The van der Waals surface area contributed by atoms with Gasteiger partial charge >= 0.3 is 0 Å². The van der Waals surface area contributed by atoms with Crippen LogP contribution in [0.2, 0.25) is 0 Å². The molecule has 0 aliphatic carbocycles. The van der Waals surface area contributed by atoms with E-state index in [4.69, 9.17) is 12.2 Å². The number of carbonyl (C=O) groups is 1. The second-order valence-corrected chi connectivity index (χ2v) is 8.69. The number of aromatic nitrogens is 2. The molecule has 1 saturated heterocycles. The summed E-state index contributed by atoms with van der Waals surface area (Å²) in [6.07, 6.45) is 3.24. The quantitative estimate of drug-likeness (QED) is 0.439. The number of carbonyl (C=O) groups excluding carboxylic acids is 1. The number of rotatable bonds is 6. The van der Waals surface area contributed by atoms with Gasteiger partial charge in [0.2, 0.25) is 0 Å². The zero-order valence-corrected chi connectivity index (χ0v) is 18.4. The summed E-state index contributed by atoms with van der Waals surface area (Å²) in [5, 5.41) is 12.2. The van der Waals surface area contributed by atoms with Crippen LogP contribution >= 0.6 is 24.0 Å². The molecule has 3 heterocycles. The normalized spacial score (nSPS) is 15.3. The van der Waals surface area contributed by atoms with Crippen LogP contribution in [0.25, 0.3) is 11.7 Å². The van der Waals surface area contributed by atoms with Gasteiger partial charge in [0, 0.05) is 12.7 Å². The molecule has 2 N–H and O–H groups in total. The fourth-order valence-corrected chi connectivity index (χ4v) is 4.47. The molecule has 1 aromatic carbocycles. The Bertz CT molecular complexity index is 1250. The van der Waals surface area contributed by atoms with Crippen molar-refractivity contribution in [3.05, 3.63) is 80.6 Å². The Kier molecular flexibility index (Phi) is 6.17. The molecule has 0 bridgehead atoms. The molecular weight excluding hydrogens is 432 g/mol. The summed E-state index contributed by atoms with van der Waals surface area (Å²) < 4.78 is 1.89. The van der Waals surface area contributed by atoms with Gasteiger partial charge in [-0.25, -0.2) is 4.98 Å². The summed E-state index contributed by atoms with van der Waals surface area (Å²) in [4.78, 5) is 32.7. The maximum atomic E-state index is 13.2. The molecule has 1 amide bonds. The van der Waals surface area contributed by atoms with Crippen molar-refractivity contribution in [2.24, 2.45) is 0 Å². The summed E-state index contributed by atoms with van der Waals surface area (Å²) in [5.41, 5.74) is 2.30. The van der Waals surface area contributed by atoms with Crippen LogP contribution in [0.4, 0.5) is 5.82 Å². The predicted molar refractivity (Wildman–Crippen MR) is 127 cm³/mol. The molecule has 0 radical (unpaired) electrons. The van der Waals surface area contributed by atoms with Gasteiger partial charge in [0.25, 0.3) is 11.5 Å². The Morgan fingerprint density at radius 1 is 1.19 bits per heavy atom. The molecule has 1 aliphatic rings. The first-order valence-electron chi connectivity index (χ1n) is 9.65. The van der Waals surface area contributed by atoms with Crippen LogP contribution in [0, 0.1) is 6.92 Å². The Labute approximate surface area is 188 Å². The fraction of sp³-hybridized carbons (Fsp3) is 0.182. The van der Waals surface area contributed by atoms with Crippen molar-refractivity contribution >= 4 is 51.7 Å². The summed E-state index contributed by atoms with van der Waals surface area (Å²) >= 11 is 6.58. The molecule has 4 rings (SSSR count). The monoisotopic (exact) mass is 452 g/mol. The molecule has 3 aromatic rings. The minimum absolute atomic E-state index is 0.117. The number of pyridine rings is 1. The third-order valence-corrected chi connectivity index (χ3v) is 6.12. The average Bonchev–Trinajstić information content (AvgIpc) is 3.03. The van der Waals surface area contributed by atoms with Crippen LogP contribution < -0.4 is 10.9 Å². The number of thioether (sulfide) groups is 1. The number of nitrogens with one attached hydrogen (secondary N) is 1. The van der Waals surface area contributed by atoms with Gasteiger partial charge < -0.3 is 10.4 Å². The van der Waals surface area contributed by atoms with Gasteiger partial charge in [-0.05, 0) is 30.2 Å². The molecule has 0 atom stereocenters. The lowest BCUT2D eigenvalue weighted by Gasteiger charge is -2.14. The molecule has 9 heteroatoms. The molecule has 7 nitrogen and oxygen atoms in total. The lowest BCUT2D eigenvalue weighted by atomic mass is 10.2. The molecular formula is C22H20N4O3S2. The molecule has 0 saturated carbocycles. The average molecular weight is 453 g/mol. The molecule has 31 heavy (non-hydrogen) atoms. The lowest BCUT2D eigenvalue weighted by Crippen LogP contribution is -2.27. The Balaban J connectivity index is 1.75. The number of thiocarbonyl (C=S) groups is 1.